The van der Waals surface area contributed by atoms with Gasteiger partial charge in [-0.15, -0.1) is 0 Å². The van der Waals surface area contributed by atoms with Crippen molar-refractivity contribution < 1.29 is 23.9 Å². The van der Waals surface area contributed by atoms with Crippen LogP contribution in [0.3, 0.4) is 0 Å². The van der Waals surface area contributed by atoms with E-state index < -0.39 is 17.8 Å². The topological polar surface area (TPSA) is 84.9 Å². The fraction of sp³-hybridized carbons (Fsp3) is 0.115. The van der Waals surface area contributed by atoms with Gasteiger partial charge in [0.1, 0.15) is 12.2 Å². The third-order valence-corrected chi connectivity index (χ3v) is 6.53. The minimum atomic E-state index is -0.869. The second-order valence-corrected chi connectivity index (χ2v) is 8.98. The molecule has 1 saturated heterocycles. The molecule has 1 heterocycles. The van der Waals surface area contributed by atoms with Crippen molar-refractivity contribution in [2.75, 3.05) is 12.0 Å². The number of halogens is 3. The smallest absolute Gasteiger partial charge is 0.335 e. The van der Waals surface area contributed by atoms with Crippen LogP contribution in [0, 0.1) is 6.92 Å². The highest BCUT2D eigenvalue weighted by Gasteiger charge is 2.37. The lowest BCUT2D eigenvalue weighted by Gasteiger charge is -2.27. The molecule has 4 rings (SSSR count). The molecule has 0 aromatic heterocycles. The number of barbiturate groups is 1. The van der Waals surface area contributed by atoms with Crippen LogP contribution in [-0.4, -0.2) is 25.0 Å². The molecule has 0 bridgehead atoms. The first-order valence-corrected chi connectivity index (χ1v) is 11.7. The van der Waals surface area contributed by atoms with Gasteiger partial charge in [0.2, 0.25) is 0 Å². The van der Waals surface area contributed by atoms with Gasteiger partial charge in [0.25, 0.3) is 11.8 Å². The highest BCUT2D eigenvalue weighted by Crippen LogP contribution is 2.38. The van der Waals surface area contributed by atoms with E-state index in [0.717, 1.165) is 10.5 Å². The van der Waals surface area contributed by atoms with Crippen molar-refractivity contribution in [3.05, 3.63) is 91.9 Å². The van der Waals surface area contributed by atoms with Crippen LogP contribution in [-0.2, 0) is 16.2 Å². The van der Waals surface area contributed by atoms with Gasteiger partial charge >= 0.3 is 6.03 Å². The molecule has 3 aromatic rings. The maximum absolute atomic E-state index is 13.2. The zero-order valence-corrected chi connectivity index (χ0v) is 21.4. The first kappa shape index (κ1) is 25.6. The second kappa shape index (κ2) is 10.6. The summed E-state index contributed by atoms with van der Waals surface area (Å²) in [6.07, 6.45) is 1.32. The Morgan fingerprint density at radius 1 is 0.944 bits per heavy atom. The molecule has 1 fully saturated rings. The Morgan fingerprint density at radius 3 is 2.39 bits per heavy atom. The number of urea groups is 1. The molecule has 1 aliphatic rings. The molecule has 10 heteroatoms. The predicted molar refractivity (Wildman–Crippen MR) is 139 cm³/mol. The van der Waals surface area contributed by atoms with Gasteiger partial charge in [-0.05, 0) is 54.5 Å². The second-order valence-electron chi connectivity index (χ2n) is 7.76. The fourth-order valence-corrected chi connectivity index (χ4v) is 4.24. The lowest BCUT2D eigenvalue weighted by molar-refractivity contribution is -0.122. The monoisotopic (exact) mass is 544 g/mol. The summed E-state index contributed by atoms with van der Waals surface area (Å²) in [7, 11) is 1.44. The number of imide groups is 2. The number of hydrogen-bond acceptors (Lipinski definition) is 5. The van der Waals surface area contributed by atoms with Crippen LogP contribution in [0.25, 0.3) is 6.08 Å². The molecule has 1 aliphatic heterocycles. The fourth-order valence-electron chi connectivity index (χ4n) is 3.61. The summed E-state index contributed by atoms with van der Waals surface area (Å²) in [4.78, 5) is 39.2. The summed E-state index contributed by atoms with van der Waals surface area (Å²) in [5.41, 5.74) is 1.66. The van der Waals surface area contributed by atoms with Crippen molar-refractivity contribution in [2.45, 2.75) is 13.5 Å². The van der Waals surface area contributed by atoms with Gasteiger partial charge in [-0.3, -0.25) is 14.9 Å². The van der Waals surface area contributed by atoms with Crippen LogP contribution >= 0.6 is 34.8 Å². The number of carbonyl (C=O) groups excluding carboxylic acids is 3. The molecule has 4 amide bonds. The van der Waals surface area contributed by atoms with Gasteiger partial charge < -0.3 is 9.47 Å². The number of carbonyl (C=O) groups is 3. The highest BCUT2D eigenvalue weighted by atomic mass is 35.5. The molecule has 184 valence electrons. The van der Waals surface area contributed by atoms with Crippen molar-refractivity contribution in [1.82, 2.24) is 5.32 Å². The van der Waals surface area contributed by atoms with Gasteiger partial charge in [-0.1, -0.05) is 59.1 Å². The van der Waals surface area contributed by atoms with Crippen molar-refractivity contribution in [3.8, 4) is 11.5 Å². The number of hydrogen-bond donors (Lipinski definition) is 1. The van der Waals surface area contributed by atoms with Crippen LogP contribution in [0.4, 0.5) is 10.5 Å². The average Bonchev–Trinajstić information content (AvgIpc) is 2.84. The number of amides is 4. The average molecular weight is 546 g/mol. The lowest BCUT2D eigenvalue weighted by atomic mass is 10.1. The number of ether oxygens (including phenoxy) is 2. The van der Waals surface area contributed by atoms with E-state index in [1.807, 2.05) is 18.2 Å². The summed E-state index contributed by atoms with van der Waals surface area (Å²) in [6, 6.07) is 14.2. The molecular weight excluding hydrogens is 527 g/mol. The molecule has 1 N–H and O–H groups in total. The maximum atomic E-state index is 13.2. The minimum absolute atomic E-state index is 0.146. The Bertz CT molecular complexity index is 1420. The summed E-state index contributed by atoms with van der Waals surface area (Å²) in [5, 5.41) is 3.30. The number of anilines is 1. The molecule has 36 heavy (non-hydrogen) atoms. The molecule has 0 aliphatic carbocycles. The van der Waals surface area contributed by atoms with Crippen molar-refractivity contribution in [3.63, 3.8) is 0 Å². The van der Waals surface area contributed by atoms with E-state index in [9.17, 15) is 14.4 Å². The highest BCUT2D eigenvalue weighted by molar-refractivity contribution is 6.40. The number of methoxy groups -OCH3 is 1. The Kier molecular flexibility index (Phi) is 7.54. The van der Waals surface area contributed by atoms with Crippen LogP contribution in [0.1, 0.15) is 16.7 Å². The van der Waals surface area contributed by atoms with E-state index >= 15 is 0 Å². The van der Waals surface area contributed by atoms with E-state index in [1.165, 1.54) is 19.3 Å². The van der Waals surface area contributed by atoms with Crippen molar-refractivity contribution in [1.29, 1.82) is 0 Å². The number of nitrogens with one attached hydrogen (secondary N) is 1. The zero-order chi connectivity index (χ0) is 26.0. The van der Waals surface area contributed by atoms with Crippen molar-refractivity contribution in [2.24, 2.45) is 0 Å². The predicted octanol–water partition coefficient (Wildman–Crippen LogP) is 6.21. The lowest BCUT2D eigenvalue weighted by Crippen LogP contribution is -2.54. The summed E-state index contributed by atoms with van der Waals surface area (Å²) >= 11 is 18.8. The zero-order valence-electron chi connectivity index (χ0n) is 19.1. The van der Waals surface area contributed by atoms with Gasteiger partial charge in [0, 0.05) is 15.6 Å². The van der Waals surface area contributed by atoms with E-state index in [2.05, 4.69) is 5.32 Å². The van der Waals surface area contributed by atoms with Crippen LogP contribution in [0.5, 0.6) is 11.5 Å². The van der Waals surface area contributed by atoms with E-state index in [1.54, 1.807) is 37.3 Å². The van der Waals surface area contributed by atoms with Crippen LogP contribution in [0.2, 0.25) is 15.1 Å². The first-order valence-electron chi connectivity index (χ1n) is 10.6. The molecule has 3 aromatic carbocycles. The Morgan fingerprint density at radius 2 is 1.67 bits per heavy atom. The Hall–Kier alpha value is -3.52. The molecule has 0 atom stereocenters. The van der Waals surface area contributed by atoms with Gasteiger partial charge in [-0.25, -0.2) is 9.69 Å². The Labute approximate surface area is 222 Å². The third-order valence-electron chi connectivity index (χ3n) is 5.47. The summed E-state index contributed by atoms with van der Waals surface area (Å²) < 4.78 is 11.3. The molecule has 0 saturated carbocycles. The number of benzene rings is 3. The van der Waals surface area contributed by atoms with Gasteiger partial charge in [-0.2, -0.15) is 0 Å². The number of rotatable bonds is 6. The quantitative estimate of drug-likeness (QED) is 0.294. The van der Waals surface area contributed by atoms with E-state index in [4.69, 9.17) is 44.3 Å². The molecule has 0 radical (unpaired) electrons. The SMILES string of the molecule is COc1cc(/C=C2\C(=O)NC(=O)N(c3cccc(Cl)c3C)C2=O)cc(Cl)c1OCc1ccccc1Cl. The molecular formula is C26H19Cl3N2O5. The molecule has 0 spiro atoms. The minimum Gasteiger partial charge on any atom is -0.493 e. The van der Waals surface area contributed by atoms with E-state index in [-0.39, 0.29) is 34.4 Å². The number of nitrogens with zero attached hydrogens (tertiary/aromatic N) is 1. The largest absolute Gasteiger partial charge is 0.493 e. The van der Waals surface area contributed by atoms with Gasteiger partial charge in [0.05, 0.1) is 17.8 Å². The molecule has 0 unspecified atom stereocenters. The van der Waals surface area contributed by atoms with E-state index in [0.29, 0.717) is 21.2 Å². The Balaban J connectivity index is 1.67. The maximum Gasteiger partial charge on any atom is 0.335 e. The van der Waals surface area contributed by atoms with Crippen LogP contribution in [0.15, 0.2) is 60.2 Å². The summed E-state index contributed by atoms with van der Waals surface area (Å²) in [6.45, 7) is 1.82. The molecule has 7 nitrogen and oxygen atoms in total. The van der Waals surface area contributed by atoms with Gasteiger partial charge in [0.15, 0.2) is 11.5 Å². The third kappa shape index (κ3) is 5.04. The van der Waals surface area contributed by atoms with Crippen molar-refractivity contribution >= 4 is 64.4 Å². The first-order chi connectivity index (χ1) is 17.2. The van der Waals surface area contributed by atoms with Crippen LogP contribution < -0.4 is 19.7 Å². The summed E-state index contributed by atoms with van der Waals surface area (Å²) in [5.74, 6) is -1.09. The standard InChI is InChI=1S/C26H19Cl3N2O5/c1-14-18(27)8-5-9-21(14)31-25(33)17(24(32)30-26(31)34)10-15-11-20(29)23(22(12-15)35-2)36-13-16-6-3-4-7-19(16)28/h3-12H,13H2,1-2H3,(H,30,32,34)/b17-10+. The normalized spacial score (nSPS) is 14.8.